The Kier molecular flexibility index (Phi) is 2.49. The lowest BCUT2D eigenvalue weighted by atomic mass is 9.87. The van der Waals surface area contributed by atoms with Crippen LogP contribution in [-0.4, -0.2) is 27.3 Å². The molecule has 78 valence electrons. The minimum Gasteiger partial charge on any atom is -0.310 e. The summed E-state index contributed by atoms with van der Waals surface area (Å²) in [6.45, 7) is 0.989. The average Bonchev–Trinajstić information content (AvgIpc) is 2.15. The first-order valence-corrected chi connectivity index (χ1v) is 6.80. The Labute approximate surface area is 84.8 Å². The van der Waals surface area contributed by atoms with Crippen LogP contribution in [0.25, 0.3) is 0 Å². The van der Waals surface area contributed by atoms with E-state index >= 15 is 0 Å². The summed E-state index contributed by atoms with van der Waals surface area (Å²) in [6.07, 6.45) is 8.96. The molecule has 4 heteroatoms. The lowest BCUT2D eigenvalue weighted by Gasteiger charge is -2.33. The van der Waals surface area contributed by atoms with E-state index in [-0.39, 0.29) is 12.0 Å². The molecule has 2 rings (SSSR count). The van der Waals surface area contributed by atoms with Crippen LogP contribution < -0.4 is 5.32 Å². The summed E-state index contributed by atoms with van der Waals surface area (Å²) in [6, 6.07) is 0.221. The topological polar surface area (TPSA) is 46.2 Å². The molecule has 0 amide bonds. The molecule has 0 saturated carbocycles. The van der Waals surface area contributed by atoms with Crippen molar-refractivity contribution in [2.45, 2.75) is 18.9 Å². The highest BCUT2D eigenvalue weighted by atomic mass is 32.2. The third-order valence-corrected chi connectivity index (χ3v) is 4.17. The smallest absolute Gasteiger partial charge is 0.172 e. The second-order valence-corrected chi connectivity index (χ2v) is 5.97. The van der Waals surface area contributed by atoms with Gasteiger partial charge in [0.2, 0.25) is 0 Å². The summed E-state index contributed by atoms with van der Waals surface area (Å²) in [5, 5.41) is 3.33. The van der Waals surface area contributed by atoms with Gasteiger partial charge in [-0.1, -0.05) is 12.2 Å². The summed E-state index contributed by atoms with van der Waals surface area (Å²) in [4.78, 5) is 0.595. The van der Waals surface area contributed by atoms with Gasteiger partial charge in [0, 0.05) is 23.1 Å². The molecule has 0 aromatic rings. The van der Waals surface area contributed by atoms with Gasteiger partial charge in [-0.3, -0.25) is 0 Å². The Bertz CT molecular complexity index is 381. The molecule has 1 heterocycles. The zero-order valence-electron chi connectivity index (χ0n) is 8.23. The Morgan fingerprint density at radius 2 is 2.29 bits per heavy atom. The molecule has 0 bridgehead atoms. The van der Waals surface area contributed by atoms with Crippen molar-refractivity contribution in [1.82, 2.24) is 5.32 Å². The maximum absolute atomic E-state index is 11.5. The standard InChI is InChI=1S/C10H15NO2S/c1-14(12,13)10-6-2-5-9-8(10)4-3-7-11-9/h2,5-6,8-9,11H,3-4,7H2,1H3. The number of nitrogens with one attached hydrogen (secondary N) is 1. The maximum atomic E-state index is 11.5. The van der Waals surface area contributed by atoms with Crippen LogP contribution in [0, 0.1) is 5.92 Å². The van der Waals surface area contributed by atoms with E-state index in [1.165, 1.54) is 6.26 Å². The number of hydrogen-bond acceptors (Lipinski definition) is 3. The number of hydrogen-bond donors (Lipinski definition) is 1. The summed E-state index contributed by atoms with van der Waals surface area (Å²) in [5.74, 6) is 0.156. The number of allylic oxidation sites excluding steroid dienone is 2. The molecule has 2 unspecified atom stereocenters. The summed E-state index contributed by atoms with van der Waals surface area (Å²) in [7, 11) is -3.03. The fraction of sp³-hybridized carbons (Fsp3) is 0.600. The molecule has 3 nitrogen and oxygen atoms in total. The van der Waals surface area contributed by atoms with Crippen molar-refractivity contribution in [3.05, 3.63) is 23.1 Å². The normalized spacial score (nSPS) is 32.2. The monoisotopic (exact) mass is 213 g/mol. The molecule has 0 radical (unpaired) electrons. The number of piperidine rings is 1. The van der Waals surface area contributed by atoms with E-state index in [9.17, 15) is 8.42 Å². The van der Waals surface area contributed by atoms with Gasteiger partial charge in [-0.05, 0) is 25.5 Å². The Hall–Kier alpha value is -0.610. The lowest BCUT2D eigenvalue weighted by Crippen LogP contribution is -2.42. The fourth-order valence-electron chi connectivity index (χ4n) is 2.23. The Balaban J connectivity index is 2.33. The highest BCUT2D eigenvalue weighted by Crippen LogP contribution is 2.31. The van der Waals surface area contributed by atoms with Crippen LogP contribution in [0.2, 0.25) is 0 Å². The molecule has 1 aliphatic heterocycles. The van der Waals surface area contributed by atoms with Gasteiger partial charge in [-0.15, -0.1) is 0 Å². The first-order chi connectivity index (χ1) is 6.59. The van der Waals surface area contributed by atoms with E-state index in [1.807, 2.05) is 6.08 Å². The largest absolute Gasteiger partial charge is 0.310 e. The van der Waals surface area contributed by atoms with E-state index < -0.39 is 9.84 Å². The van der Waals surface area contributed by atoms with Gasteiger partial charge in [-0.2, -0.15) is 0 Å². The SMILES string of the molecule is CS(=O)(=O)C1=CC=CC2NCCCC12. The number of fused-ring (bicyclic) bond motifs is 1. The van der Waals surface area contributed by atoms with Crippen LogP contribution in [0.5, 0.6) is 0 Å². The van der Waals surface area contributed by atoms with Gasteiger partial charge in [0.15, 0.2) is 9.84 Å². The molecule has 2 aliphatic rings. The molecule has 0 aromatic heterocycles. The second-order valence-electron chi connectivity index (χ2n) is 3.95. The maximum Gasteiger partial charge on any atom is 0.172 e. The van der Waals surface area contributed by atoms with Crippen molar-refractivity contribution < 1.29 is 8.42 Å². The van der Waals surface area contributed by atoms with Crippen LogP contribution in [0.1, 0.15) is 12.8 Å². The van der Waals surface area contributed by atoms with Crippen molar-refractivity contribution in [3.63, 3.8) is 0 Å². The van der Waals surface area contributed by atoms with Crippen molar-refractivity contribution in [2.75, 3.05) is 12.8 Å². The van der Waals surface area contributed by atoms with Crippen molar-refractivity contribution in [2.24, 2.45) is 5.92 Å². The quantitative estimate of drug-likeness (QED) is 0.702. The molecule has 1 N–H and O–H groups in total. The summed E-state index contributed by atoms with van der Waals surface area (Å²) in [5.41, 5.74) is 0. The van der Waals surface area contributed by atoms with Gasteiger partial charge in [0.05, 0.1) is 0 Å². The van der Waals surface area contributed by atoms with Crippen LogP contribution in [0.3, 0.4) is 0 Å². The second kappa shape index (κ2) is 3.51. The van der Waals surface area contributed by atoms with Crippen molar-refractivity contribution in [1.29, 1.82) is 0 Å². The predicted octanol–water partition coefficient (Wildman–Crippen LogP) is 0.853. The van der Waals surface area contributed by atoms with Gasteiger partial charge in [-0.25, -0.2) is 8.42 Å². The average molecular weight is 213 g/mol. The molecule has 1 aliphatic carbocycles. The molecule has 2 atom stereocenters. The van der Waals surface area contributed by atoms with Crippen molar-refractivity contribution in [3.8, 4) is 0 Å². The van der Waals surface area contributed by atoms with Gasteiger partial charge < -0.3 is 5.32 Å². The van der Waals surface area contributed by atoms with Gasteiger partial charge in [0.1, 0.15) is 0 Å². The van der Waals surface area contributed by atoms with Crippen LogP contribution in [0.4, 0.5) is 0 Å². The van der Waals surface area contributed by atoms with E-state index in [2.05, 4.69) is 11.4 Å². The Morgan fingerprint density at radius 1 is 1.50 bits per heavy atom. The zero-order chi connectivity index (χ0) is 10.2. The highest BCUT2D eigenvalue weighted by molar-refractivity contribution is 7.94. The lowest BCUT2D eigenvalue weighted by molar-refractivity contribution is 0.365. The van der Waals surface area contributed by atoms with Crippen LogP contribution in [0.15, 0.2) is 23.1 Å². The first-order valence-electron chi connectivity index (χ1n) is 4.91. The van der Waals surface area contributed by atoms with Gasteiger partial charge in [0.25, 0.3) is 0 Å². The van der Waals surface area contributed by atoms with Crippen molar-refractivity contribution >= 4 is 9.84 Å². The molecular weight excluding hydrogens is 198 g/mol. The molecule has 0 aromatic carbocycles. The molecule has 0 spiro atoms. The van der Waals surface area contributed by atoms with E-state index in [4.69, 9.17) is 0 Å². The Morgan fingerprint density at radius 3 is 3.00 bits per heavy atom. The number of sulfone groups is 1. The van der Waals surface area contributed by atoms with Crippen LogP contribution >= 0.6 is 0 Å². The summed E-state index contributed by atoms with van der Waals surface area (Å²) >= 11 is 0. The molecular formula is C10H15NO2S. The summed E-state index contributed by atoms with van der Waals surface area (Å²) < 4.78 is 23.0. The van der Waals surface area contributed by atoms with E-state index in [0.29, 0.717) is 4.91 Å². The zero-order valence-corrected chi connectivity index (χ0v) is 9.05. The fourth-order valence-corrected chi connectivity index (χ4v) is 3.37. The molecule has 14 heavy (non-hydrogen) atoms. The van der Waals surface area contributed by atoms with E-state index in [1.54, 1.807) is 6.08 Å². The number of rotatable bonds is 1. The third kappa shape index (κ3) is 1.77. The first kappa shape index (κ1) is 9.93. The predicted molar refractivity (Wildman–Crippen MR) is 56.6 cm³/mol. The van der Waals surface area contributed by atoms with E-state index in [0.717, 1.165) is 19.4 Å². The molecule has 1 fully saturated rings. The van der Waals surface area contributed by atoms with Gasteiger partial charge >= 0.3 is 0 Å². The van der Waals surface area contributed by atoms with Crippen LogP contribution in [-0.2, 0) is 9.84 Å². The highest BCUT2D eigenvalue weighted by Gasteiger charge is 2.32. The minimum absolute atomic E-state index is 0.156. The third-order valence-electron chi connectivity index (χ3n) is 2.88. The minimum atomic E-state index is -3.03. The molecule has 1 saturated heterocycles.